The number of nitrogens with zero attached hydrogens (tertiary/aromatic N) is 1. The molecule has 0 bridgehead atoms. The molecule has 254 valence electrons. The lowest BCUT2D eigenvalue weighted by molar-refractivity contribution is -0.0788. The van der Waals surface area contributed by atoms with Crippen molar-refractivity contribution in [1.82, 2.24) is 9.55 Å². The number of aromatic nitrogens is 2. The van der Waals surface area contributed by atoms with Crippen molar-refractivity contribution in [3.05, 3.63) is 149 Å². The number of aromatic amines is 1. The molecule has 1 saturated heterocycles. The quantitative estimate of drug-likeness (QED) is 0.141. The Morgan fingerprint density at radius 1 is 0.857 bits per heavy atom. The van der Waals surface area contributed by atoms with Gasteiger partial charge in [-0.25, -0.2) is 4.79 Å². The van der Waals surface area contributed by atoms with Gasteiger partial charge in [-0.2, -0.15) is 0 Å². The van der Waals surface area contributed by atoms with Gasteiger partial charge in [0.05, 0.1) is 33.5 Å². The average molecular weight is 668 g/mol. The largest absolute Gasteiger partial charge is 0.497 e. The lowest BCUT2D eigenvalue weighted by atomic mass is 9.80. The van der Waals surface area contributed by atoms with E-state index in [1.165, 1.54) is 10.8 Å². The van der Waals surface area contributed by atoms with Crippen molar-refractivity contribution in [3.63, 3.8) is 0 Å². The van der Waals surface area contributed by atoms with Gasteiger partial charge in [0.15, 0.2) is 5.75 Å². The SMILES string of the molecule is CCOc1c(N[C@H]2C[C@H](n3cc(C)c(=O)[nH]c3=O)O[C@@H]2COC(c2ccccc2)(c2ccc(OC)cc2)c2ccc(OC)cc2)c(=O)c1=O. The van der Waals surface area contributed by atoms with Gasteiger partial charge in [0.1, 0.15) is 35.1 Å². The van der Waals surface area contributed by atoms with Gasteiger partial charge in [-0.05, 0) is 54.8 Å². The van der Waals surface area contributed by atoms with Crippen LogP contribution in [0.25, 0.3) is 0 Å². The van der Waals surface area contributed by atoms with Gasteiger partial charge in [0.2, 0.25) is 0 Å². The van der Waals surface area contributed by atoms with E-state index in [1.807, 2.05) is 78.9 Å². The van der Waals surface area contributed by atoms with Crippen LogP contribution in [0.15, 0.2) is 104 Å². The second-order valence-corrected chi connectivity index (χ2v) is 11.7. The molecule has 12 heteroatoms. The third kappa shape index (κ3) is 6.28. The van der Waals surface area contributed by atoms with Crippen molar-refractivity contribution in [2.24, 2.45) is 0 Å². The first-order valence-corrected chi connectivity index (χ1v) is 15.9. The maximum atomic E-state index is 12.9. The van der Waals surface area contributed by atoms with Crippen molar-refractivity contribution >= 4 is 5.69 Å². The summed E-state index contributed by atoms with van der Waals surface area (Å²) < 4.78 is 31.2. The third-order valence-corrected chi connectivity index (χ3v) is 8.81. The summed E-state index contributed by atoms with van der Waals surface area (Å²) in [4.78, 5) is 52.4. The third-order valence-electron chi connectivity index (χ3n) is 8.81. The highest BCUT2D eigenvalue weighted by atomic mass is 16.6. The number of ether oxygens (including phenoxy) is 5. The van der Waals surface area contributed by atoms with Crippen molar-refractivity contribution in [1.29, 1.82) is 0 Å². The summed E-state index contributed by atoms with van der Waals surface area (Å²) in [6, 6.07) is 24.3. The fourth-order valence-electron chi connectivity index (χ4n) is 6.26. The summed E-state index contributed by atoms with van der Waals surface area (Å²) in [5.41, 5.74) is -0.889. The van der Waals surface area contributed by atoms with Gasteiger partial charge >= 0.3 is 5.69 Å². The van der Waals surface area contributed by atoms with Gasteiger partial charge in [0, 0.05) is 18.2 Å². The first-order chi connectivity index (χ1) is 23.7. The highest BCUT2D eigenvalue weighted by molar-refractivity contribution is 5.62. The van der Waals surface area contributed by atoms with Gasteiger partial charge in [0.25, 0.3) is 16.4 Å². The summed E-state index contributed by atoms with van der Waals surface area (Å²) in [6.07, 6.45) is 0.0671. The van der Waals surface area contributed by atoms with E-state index in [0.717, 1.165) is 16.7 Å². The maximum Gasteiger partial charge on any atom is 0.330 e. The van der Waals surface area contributed by atoms with Crippen molar-refractivity contribution in [2.45, 2.75) is 44.2 Å². The molecule has 1 aromatic heterocycles. The topological polar surface area (TPSA) is 147 Å². The normalized spacial score (nSPS) is 17.6. The number of rotatable bonds is 13. The Labute approximate surface area is 281 Å². The van der Waals surface area contributed by atoms with Crippen LogP contribution in [0.5, 0.6) is 17.2 Å². The van der Waals surface area contributed by atoms with Crippen molar-refractivity contribution in [2.75, 3.05) is 32.8 Å². The molecule has 0 spiro atoms. The van der Waals surface area contributed by atoms with Gasteiger partial charge in [-0.15, -0.1) is 0 Å². The van der Waals surface area contributed by atoms with E-state index >= 15 is 0 Å². The molecule has 2 heterocycles. The lowest BCUT2D eigenvalue weighted by Gasteiger charge is -2.37. The van der Waals surface area contributed by atoms with Crippen LogP contribution >= 0.6 is 0 Å². The minimum atomic E-state index is -1.17. The van der Waals surface area contributed by atoms with Crippen LogP contribution < -0.4 is 41.6 Å². The predicted octanol–water partition coefficient (Wildman–Crippen LogP) is 3.63. The smallest absolute Gasteiger partial charge is 0.330 e. The second kappa shape index (κ2) is 14.0. The summed E-state index contributed by atoms with van der Waals surface area (Å²) in [5.74, 6) is 1.31. The monoisotopic (exact) mass is 667 g/mol. The highest BCUT2D eigenvalue weighted by Crippen LogP contribution is 2.43. The molecule has 4 aromatic carbocycles. The Morgan fingerprint density at radius 2 is 1.45 bits per heavy atom. The molecule has 0 radical (unpaired) electrons. The maximum absolute atomic E-state index is 12.9. The number of nitrogens with one attached hydrogen (secondary N) is 2. The number of hydrogen-bond donors (Lipinski definition) is 2. The molecule has 0 aliphatic carbocycles. The van der Waals surface area contributed by atoms with Crippen molar-refractivity contribution < 1.29 is 23.7 Å². The molecular weight excluding hydrogens is 630 g/mol. The molecule has 6 rings (SSSR count). The second-order valence-electron chi connectivity index (χ2n) is 11.7. The van der Waals surface area contributed by atoms with Crippen molar-refractivity contribution in [3.8, 4) is 17.2 Å². The van der Waals surface area contributed by atoms with Gasteiger partial charge in [-0.1, -0.05) is 54.6 Å². The Balaban J connectivity index is 1.44. The lowest BCUT2D eigenvalue weighted by Crippen LogP contribution is -2.43. The number of anilines is 1. The average Bonchev–Trinajstić information content (AvgIpc) is 3.54. The number of aryl methyl sites for hydroxylation is 1. The van der Waals surface area contributed by atoms with Crippen LogP contribution in [-0.4, -0.2) is 49.1 Å². The summed E-state index contributed by atoms with van der Waals surface area (Å²) >= 11 is 0. The molecule has 0 unspecified atom stereocenters. The highest BCUT2D eigenvalue weighted by Gasteiger charge is 2.43. The first-order valence-electron chi connectivity index (χ1n) is 15.9. The molecule has 2 N–H and O–H groups in total. The van der Waals surface area contributed by atoms with E-state index in [4.69, 9.17) is 23.7 Å². The zero-order valence-electron chi connectivity index (χ0n) is 27.6. The Morgan fingerprint density at radius 3 is 2.02 bits per heavy atom. The number of H-pyrrole nitrogens is 1. The van der Waals surface area contributed by atoms with Crippen LogP contribution in [0.3, 0.4) is 0 Å². The van der Waals surface area contributed by atoms with E-state index in [0.29, 0.717) is 17.1 Å². The van der Waals surface area contributed by atoms with Crippen LogP contribution in [0.4, 0.5) is 5.69 Å². The molecule has 49 heavy (non-hydrogen) atoms. The molecule has 0 saturated carbocycles. The fraction of sp³-hybridized carbons (Fsp3) is 0.297. The van der Waals surface area contributed by atoms with E-state index in [-0.39, 0.29) is 31.1 Å². The van der Waals surface area contributed by atoms with Crippen LogP contribution in [0.2, 0.25) is 0 Å². The number of methoxy groups -OCH3 is 2. The van der Waals surface area contributed by atoms with Crippen LogP contribution in [-0.2, 0) is 15.1 Å². The summed E-state index contributed by atoms with van der Waals surface area (Å²) in [7, 11) is 3.20. The summed E-state index contributed by atoms with van der Waals surface area (Å²) in [6.45, 7) is 3.48. The van der Waals surface area contributed by atoms with E-state index in [1.54, 1.807) is 28.1 Å². The van der Waals surface area contributed by atoms with Gasteiger partial charge in [-0.3, -0.25) is 23.9 Å². The Hall–Kier alpha value is -5.46. The molecule has 5 aromatic rings. The van der Waals surface area contributed by atoms with Crippen LogP contribution in [0.1, 0.15) is 41.8 Å². The molecule has 1 fully saturated rings. The Bertz CT molecular complexity index is 2050. The predicted molar refractivity (Wildman–Crippen MR) is 183 cm³/mol. The minimum Gasteiger partial charge on any atom is -0.497 e. The number of hydrogen-bond acceptors (Lipinski definition) is 10. The number of benzene rings is 3. The molecule has 1 aliphatic heterocycles. The molecule has 3 atom stereocenters. The van der Waals surface area contributed by atoms with E-state index in [2.05, 4.69) is 10.3 Å². The molecule has 0 amide bonds. The molecule has 12 nitrogen and oxygen atoms in total. The van der Waals surface area contributed by atoms with Gasteiger partial charge < -0.3 is 29.0 Å². The molecular formula is C37H37N3O9. The Kier molecular flexibility index (Phi) is 9.52. The molecule has 1 aliphatic rings. The van der Waals surface area contributed by atoms with E-state index < -0.39 is 46.1 Å². The zero-order valence-corrected chi connectivity index (χ0v) is 27.6. The zero-order chi connectivity index (χ0) is 34.7. The fourth-order valence-corrected chi connectivity index (χ4v) is 6.26. The van der Waals surface area contributed by atoms with E-state index in [9.17, 15) is 19.2 Å². The standard InChI is InChI=1S/C37H37N3O9/c1-5-47-34-31(32(41)33(34)42)38-28-19-30(40-20-22(2)35(43)39-36(40)44)49-29(28)21-48-37(23-9-7-6-8-10-23,24-11-15-26(45-3)16-12-24)25-13-17-27(46-4)18-14-25/h6-18,20,28-30,38H,5,19,21H2,1-4H3,(H,39,43,44)/t28-,29+,30+/m0/s1. The minimum absolute atomic E-state index is 0.0302. The summed E-state index contributed by atoms with van der Waals surface area (Å²) in [5, 5.41) is 3.17. The first kappa shape index (κ1) is 33.4. The van der Waals surface area contributed by atoms with Crippen LogP contribution in [0, 0.1) is 6.92 Å².